The van der Waals surface area contributed by atoms with E-state index < -0.39 is 5.95 Å². The summed E-state index contributed by atoms with van der Waals surface area (Å²) in [6.45, 7) is 1.52. The maximum absolute atomic E-state index is 12.8. The summed E-state index contributed by atoms with van der Waals surface area (Å²) in [6.07, 6.45) is 4.10. The zero-order chi connectivity index (χ0) is 13.4. The molecule has 0 bridgehead atoms. The van der Waals surface area contributed by atoms with Crippen molar-refractivity contribution in [2.45, 2.75) is 6.92 Å². The van der Waals surface area contributed by atoms with Crippen molar-refractivity contribution < 1.29 is 9.18 Å². The van der Waals surface area contributed by atoms with Crippen LogP contribution in [0.2, 0.25) is 0 Å². The number of aromatic nitrogens is 3. The lowest BCUT2D eigenvalue weighted by atomic mass is 10.1. The van der Waals surface area contributed by atoms with Crippen molar-refractivity contribution in [1.29, 1.82) is 0 Å². The van der Waals surface area contributed by atoms with Crippen molar-refractivity contribution in [1.82, 2.24) is 14.5 Å². The molecule has 0 unspecified atom stereocenters. The molecule has 0 aliphatic heterocycles. The molecule has 0 fully saturated rings. The fraction of sp³-hybridized carbons (Fsp3) is 0.0714. The van der Waals surface area contributed by atoms with Crippen LogP contribution >= 0.6 is 0 Å². The third-order valence-corrected chi connectivity index (χ3v) is 2.94. The second-order valence-corrected chi connectivity index (χ2v) is 4.18. The largest absolute Gasteiger partial charge is 0.299 e. The zero-order valence-electron chi connectivity index (χ0n) is 10.2. The van der Waals surface area contributed by atoms with Crippen LogP contribution in [0.5, 0.6) is 0 Å². The molecule has 5 heteroatoms. The predicted molar refractivity (Wildman–Crippen MR) is 68.8 cm³/mol. The molecule has 4 nitrogen and oxygen atoms in total. The molecule has 0 amide bonds. The summed E-state index contributed by atoms with van der Waals surface area (Å²) in [6, 6.07) is 7.50. The van der Waals surface area contributed by atoms with Crippen molar-refractivity contribution in [3.63, 3.8) is 0 Å². The SMILES string of the molecule is CC(=O)c1cn(-c2cnc(F)cn2)c2ccccc12. The number of hydrogen-bond acceptors (Lipinski definition) is 3. The predicted octanol–water partition coefficient (Wildman–Crippen LogP) is 2.76. The second kappa shape index (κ2) is 4.28. The van der Waals surface area contributed by atoms with E-state index in [1.54, 1.807) is 10.8 Å². The lowest BCUT2D eigenvalue weighted by molar-refractivity contribution is 0.101. The van der Waals surface area contributed by atoms with E-state index in [0.29, 0.717) is 11.4 Å². The van der Waals surface area contributed by atoms with Crippen molar-refractivity contribution in [3.05, 3.63) is 54.4 Å². The van der Waals surface area contributed by atoms with Crippen LogP contribution in [0.4, 0.5) is 4.39 Å². The van der Waals surface area contributed by atoms with Crippen LogP contribution in [0.15, 0.2) is 42.9 Å². The molecule has 1 aromatic carbocycles. The Morgan fingerprint density at radius 1 is 1.21 bits per heavy atom. The Morgan fingerprint density at radius 3 is 2.68 bits per heavy atom. The molecule has 2 aromatic heterocycles. The maximum Gasteiger partial charge on any atom is 0.231 e. The van der Waals surface area contributed by atoms with Gasteiger partial charge in [0.15, 0.2) is 11.6 Å². The van der Waals surface area contributed by atoms with Gasteiger partial charge >= 0.3 is 0 Å². The molecule has 3 rings (SSSR count). The number of rotatable bonds is 2. The standard InChI is InChI=1S/C14H10FN3O/c1-9(19)11-8-18(12-5-3-2-4-10(11)12)14-7-16-13(15)6-17-14/h2-8H,1H3. The number of benzene rings is 1. The molecule has 2 heterocycles. The quantitative estimate of drug-likeness (QED) is 0.661. The summed E-state index contributed by atoms with van der Waals surface area (Å²) in [7, 11) is 0. The van der Waals surface area contributed by atoms with E-state index in [1.807, 2.05) is 24.3 Å². The molecule has 0 N–H and O–H groups in total. The fourth-order valence-corrected chi connectivity index (χ4v) is 2.08. The van der Waals surface area contributed by atoms with E-state index in [4.69, 9.17) is 0 Å². The molecule has 94 valence electrons. The van der Waals surface area contributed by atoms with Crippen molar-refractivity contribution in [2.24, 2.45) is 0 Å². The van der Waals surface area contributed by atoms with E-state index in [9.17, 15) is 9.18 Å². The number of nitrogens with zero attached hydrogens (tertiary/aromatic N) is 3. The van der Waals surface area contributed by atoms with E-state index in [-0.39, 0.29) is 5.78 Å². The van der Waals surface area contributed by atoms with Gasteiger partial charge in [-0.25, -0.2) is 9.97 Å². The normalized spacial score (nSPS) is 10.8. The van der Waals surface area contributed by atoms with Crippen molar-refractivity contribution >= 4 is 16.7 Å². The van der Waals surface area contributed by atoms with Gasteiger partial charge in [-0.2, -0.15) is 4.39 Å². The van der Waals surface area contributed by atoms with Crippen molar-refractivity contribution in [3.8, 4) is 5.82 Å². The average molecular weight is 255 g/mol. The van der Waals surface area contributed by atoms with Crippen LogP contribution in [-0.4, -0.2) is 20.3 Å². The van der Waals surface area contributed by atoms with Gasteiger partial charge in [0.1, 0.15) is 0 Å². The van der Waals surface area contributed by atoms with Gasteiger partial charge in [-0.15, -0.1) is 0 Å². The molecule has 0 radical (unpaired) electrons. The summed E-state index contributed by atoms with van der Waals surface area (Å²) in [5, 5.41) is 0.848. The van der Waals surface area contributed by atoms with Gasteiger partial charge in [0.05, 0.1) is 17.9 Å². The number of hydrogen-bond donors (Lipinski definition) is 0. The van der Waals surface area contributed by atoms with Gasteiger partial charge in [-0.05, 0) is 13.0 Å². The van der Waals surface area contributed by atoms with Crippen LogP contribution in [-0.2, 0) is 0 Å². The van der Waals surface area contributed by atoms with Crippen LogP contribution in [0.3, 0.4) is 0 Å². The van der Waals surface area contributed by atoms with Crippen LogP contribution in [0, 0.1) is 5.95 Å². The van der Waals surface area contributed by atoms with Crippen LogP contribution in [0.1, 0.15) is 17.3 Å². The fourth-order valence-electron chi connectivity index (χ4n) is 2.08. The van der Waals surface area contributed by atoms with E-state index in [1.165, 1.54) is 13.1 Å². The first-order valence-electron chi connectivity index (χ1n) is 5.76. The molecule has 0 atom stereocenters. The molecule has 0 saturated heterocycles. The maximum atomic E-state index is 12.8. The first kappa shape index (κ1) is 11.5. The molecule has 0 spiro atoms. The topological polar surface area (TPSA) is 47.8 Å². The molecular weight excluding hydrogens is 245 g/mol. The molecular formula is C14H10FN3O. The van der Waals surface area contributed by atoms with Gasteiger partial charge in [-0.1, -0.05) is 18.2 Å². The van der Waals surface area contributed by atoms with E-state index in [2.05, 4.69) is 9.97 Å². The highest BCUT2D eigenvalue weighted by Gasteiger charge is 2.13. The third-order valence-electron chi connectivity index (χ3n) is 2.94. The lowest BCUT2D eigenvalue weighted by Gasteiger charge is -2.02. The molecule has 0 aliphatic rings. The minimum absolute atomic E-state index is 0.0231. The Kier molecular flexibility index (Phi) is 2.59. The van der Waals surface area contributed by atoms with E-state index in [0.717, 1.165) is 17.1 Å². The Hall–Kier alpha value is -2.56. The molecule has 0 aliphatic carbocycles. The van der Waals surface area contributed by atoms with Gasteiger partial charge in [0.2, 0.25) is 5.95 Å². The smallest absolute Gasteiger partial charge is 0.231 e. The highest BCUT2D eigenvalue weighted by molar-refractivity contribution is 6.07. The number of ketones is 1. The van der Waals surface area contributed by atoms with Gasteiger partial charge in [-0.3, -0.25) is 9.36 Å². The van der Waals surface area contributed by atoms with E-state index >= 15 is 0 Å². The Morgan fingerprint density at radius 2 is 2.00 bits per heavy atom. The third kappa shape index (κ3) is 1.89. The number of fused-ring (bicyclic) bond motifs is 1. The number of para-hydroxylation sites is 1. The Labute approximate surface area is 108 Å². The van der Waals surface area contributed by atoms with Crippen LogP contribution < -0.4 is 0 Å². The highest BCUT2D eigenvalue weighted by Crippen LogP contribution is 2.24. The monoisotopic (exact) mass is 255 g/mol. The summed E-state index contributed by atoms with van der Waals surface area (Å²) in [5.41, 5.74) is 1.45. The summed E-state index contributed by atoms with van der Waals surface area (Å²) in [4.78, 5) is 19.2. The lowest BCUT2D eigenvalue weighted by Crippen LogP contribution is -1.98. The number of halogens is 1. The minimum Gasteiger partial charge on any atom is -0.299 e. The molecule has 3 aromatic rings. The average Bonchev–Trinajstić information content (AvgIpc) is 2.79. The first-order chi connectivity index (χ1) is 9.16. The number of carbonyl (C=O) groups excluding carboxylic acids is 1. The van der Waals surface area contributed by atoms with Gasteiger partial charge in [0.25, 0.3) is 0 Å². The Bertz CT molecular complexity index is 762. The number of Topliss-reactive ketones (excluding diaryl/α,β-unsaturated/α-hetero) is 1. The zero-order valence-corrected chi connectivity index (χ0v) is 10.2. The summed E-state index contributed by atoms with van der Waals surface area (Å²) in [5.74, 6) is -0.179. The molecule has 0 saturated carbocycles. The van der Waals surface area contributed by atoms with Gasteiger partial charge < -0.3 is 0 Å². The second-order valence-electron chi connectivity index (χ2n) is 4.18. The van der Waals surface area contributed by atoms with Gasteiger partial charge in [0, 0.05) is 17.1 Å². The van der Waals surface area contributed by atoms with Crippen molar-refractivity contribution in [2.75, 3.05) is 0 Å². The minimum atomic E-state index is -0.632. The summed E-state index contributed by atoms with van der Waals surface area (Å²) >= 11 is 0. The number of carbonyl (C=O) groups is 1. The van der Waals surface area contributed by atoms with Crippen LogP contribution in [0.25, 0.3) is 16.7 Å². The first-order valence-corrected chi connectivity index (χ1v) is 5.76. The Balaban J connectivity index is 2.29. The summed E-state index contributed by atoms with van der Waals surface area (Å²) < 4.78 is 14.5. The highest BCUT2D eigenvalue weighted by atomic mass is 19.1. The molecule has 19 heavy (non-hydrogen) atoms.